The molecular weight excluding hydrogens is 192 g/mol. The fourth-order valence-corrected chi connectivity index (χ4v) is 1.41. The predicted molar refractivity (Wildman–Crippen MR) is 61.3 cm³/mol. The van der Waals surface area contributed by atoms with Crippen molar-refractivity contribution in [3.05, 3.63) is 12.7 Å². The first-order valence-corrected chi connectivity index (χ1v) is 5.29. The molecule has 1 amide bonds. The normalized spacial score (nSPS) is 12.6. The number of hydrogen-bond donors (Lipinski definition) is 2. The summed E-state index contributed by atoms with van der Waals surface area (Å²) < 4.78 is 0. The second kappa shape index (κ2) is 7.43. The quantitative estimate of drug-likeness (QED) is 0.602. The predicted octanol–water partition coefficient (Wildman–Crippen LogP) is 0.367. The highest BCUT2D eigenvalue weighted by atomic mass is 16.3. The van der Waals surface area contributed by atoms with Crippen molar-refractivity contribution < 1.29 is 9.90 Å². The maximum Gasteiger partial charge on any atom is 0.239 e. The molecule has 0 radical (unpaired) electrons. The van der Waals surface area contributed by atoms with Crippen LogP contribution in [0.3, 0.4) is 0 Å². The molecule has 0 aromatic heterocycles. The van der Waals surface area contributed by atoms with Crippen molar-refractivity contribution in [2.75, 3.05) is 19.7 Å². The van der Waals surface area contributed by atoms with Gasteiger partial charge in [0.2, 0.25) is 5.91 Å². The first kappa shape index (κ1) is 14.1. The summed E-state index contributed by atoms with van der Waals surface area (Å²) in [6.07, 6.45) is 2.30. The maximum atomic E-state index is 11.8. The number of amides is 1. The Morgan fingerprint density at radius 2 is 2.20 bits per heavy atom. The first-order valence-electron chi connectivity index (χ1n) is 5.29. The van der Waals surface area contributed by atoms with Gasteiger partial charge in [-0.2, -0.15) is 0 Å². The van der Waals surface area contributed by atoms with Gasteiger partial charge in [-0.25, -0.2) is 0 Å². The molecule has 0 fully saturated rings. The summed E-state index contributed by atoms with van der Waals surface area (Å²) in [5, 5.41) is 8.81. The molecule has 1 unspecified atom stereocenters. The summed E-state index contributed by atoms with van der Waals surface area (Å²) in [6.45, 7) is 8.32. The Balaban J connectivity index is 4.27. The Bertz CT molecular complexity index is 205. The van der Waals surface area contributed by atoms with Crippen LogP contribution < -0.4 is 5.73 Å². The molecule has 88 valence electrons. The van der Waals surface area contributed by atoms with Gasteiger partial charge in [0.25, 0.3) is 0 Å². The number of carbonyl (C=O) groups is 1. The van der Waals surface area contributed by atoms with Gasteiger partial charge in [0, 0.05) is 13.1 Å². The van der Waals surface area contributed by atoms with E-state index >= 15 is 0 Å². The fraction of sp³-hybridized carbons (Fsp3) is 0.727. The smallest absolute Gasteiger partial charge is 0.239 e. The number of aliphatic hydroxyl groups excluding tert-OH is 1. The van der Waals surface area contributed by atoms with Crippen molar-refractivity contribution in [2.24, 2.45) is 11.7 Å². The Labute approximate surface area is 91.8 Å². The molecule has 4 heteroatoms. The number of rotatable bonds is 7. The van der Waals surface area contributed by atoms with E-state index in [-0.39, 0.29) is 12.5 Å². The molecule has 0 rings (SSSR count). The van der Waals surface area contributed by atoms with Crippen molar-refractivity contribution in [1.82, 2.24) is 4.90 Å². The SMILES string of the molecule is C=CCN(CCO)C(=O)C(N)CC(C)C. The van der Waals surface area contributed by atoms with Gasteiger partial charge in [0.1, 0.15) is 0 Å². The average Bonchev–Trinajstić information content (AvgIpc) is 2.15. The third-order valence-electron chi connectivity index (χ3n) is 2.07. The van der Waals surface area contributed by atoms with Crippen LogP contribution in [0.2, 0.25) is 0 Å². The highest BCUT2D eigenvalue weighted by Gasteiger charge is 2.20. The molecule has 3 N–H and O–H groups in total. The van der Waals surface area contributed by atoms with E-state index in [2.05, 4.69) is 6.58 Å². The summed E-state index contributed by atoms with van der Waals surface area (Å²) in [4.78, 5) is 13.3. The van der Waals surface area contributed by atoms with E-state index < -0.39 is 6.04 Å². The molecule has 0 spiro atoms. The molecule has 0 aromatic carbocycles. The minimum Gasteiger partial charge on any atom is -0.395 e. The number of aliphatic hydroxyl groups is 1. The molecular formula is C11H22N2O2. The molecule has 15 heavy (non-hydrogen) atoms. The zero-order valence-electron chi connectivity index (χ0n) is 9.65. The third-order valence-corrected chi connectivity index (χ3v) is 2.07. The standard InChI is InChI=1S/C11H22N2O2/c1-4-5-13(6-7-14)11(15)10(12)8-9(2)3/h4,9-10,14H,1,5-8,12H2,2-3H3. The topological polar surface area (TPSA) is 66.6 Å². The van der Waals surface area contributed by atoms with E-state index in [1.165, 1.54) is 4.90 Å². The lowest BCUT2D eigenvalue weighted by Gasteiger charge is -2.24. The summed E-state index contributed by atoms with van der Waals surface area (Å²) in [5.74, 6) is 0.279. The van der Waals surface area contributed by atoms with E-state index in [0.29, 0.717) is 25.4 Å². The van der Waals surface area contributed by atoms with Crippen LogP contribution >= 0.6 is 0 Å². The summed E-state index contributed by atoms with van der Waals surface area (Å²) in [7, 11) is 0. The highest BCUT2D eigenvalue weighted by molar-refractivity contribution is 5.81. The molecule has 0 aromatic rings. The minimum atomic E-state index is -0.475. The van der Waals surface area contributed by atoms with Crippen LogP contribution in [-0.4, -0.2) is 41.7 Å². The average molecular weight is 214 g/mol. The molecule has 0 bridgehead atoms. The van der Waals surface area contributed by atoms with Crippen LogP contribution in [0.4, 0.5) is 0 Å². The molecule has 0 heterocycles. The van der Waals surface area contributed by atoms with Crippen LogP contribution in [0.25, 0.3) is 0 Å². The van der Waals surface area contributed by atoms with E-state index in [9.17, 15) is 4.79 Å². The summed E-state index contributed by atoms with van der Waals surface area (Å²) in [5.41, 5.74) is 5.77. The van der Waals surface area contributed by atoms with Crippen molar-refractivity contribution in [3.63, 3.8) is 0 Å². The van der Waals surface area contributed by atoms with Gasteiger partial charge in [-0.15, -0.1) is 6.58 Å². The lowest BCUT2D eigenvalue weighted by Crippen LogP contribution is -2.45. The Morgan fingerprint density at radius 1 is 1.60 bits per heavy atom. The van der Waals surface area contributed by atoms with Crippen LogP contribution in [0, 0.1) is 5.92 Å². The summed E-state index contributed by atoms with van der Waals surface area (Å²) >= 11 is 0. The second-order valence-electron chi connectivity index (χ2n) is 4.03. The van der Waals surface area contributed by atoms with Crippen molar-refractivity contribution >= 4 is 5.91 Å². The van der Waals surface area contributed by atoms with Gasteiger partial charge >= 0.3 is 0 Å². The second-order valence-corrected chi connectivity index (χ2v) is 4.03. The number of hydrogen-bond acceptors (Lipinski definition) is 3. The van der Waals surface area contributed by atoms with Crippen LogP contribution in [-0.2, 0) is 4.79 Å². The summed E-state index contributed by atoms with van der Waals surface area (Å²) in [6, 6.07) is -0.475. The Kier molecular flexibility index (Phi) is 6.99. The van der Waals surface area contributed by atoms with Gasteiger partial charge in [0.05, 0.1) is 12.6 Å². The Morgan fingerprint density at radius 3 is 2.60 bits per heavy atom. The molecule has 0 aliphatic carbocycles. The Hall–Kier alpha value is -0.870. The van der Waals surface area contributed by atoms with Gasteiger partial charge < -0.3 is 15.7 Å². The number of nitrogens with zero attached hydrogens (tertiary/aromatic N) is 1. The van der Waals surface area contributed by atoms with Gasteiger partial charge in [-0.05, 0) is 12.3 Å². The van der Waals surface area contributed by atoms with Gasteiger partial charge in [-0.1, -0.05) is 19.9 Å². The monoisotopic (exact) mass is 214 g/mol. The van der Waals surface area contributed by atoms with Gasteiger partial charge in [0.15, 0.2) is 0 Å². The molecule has 1 atom stereocenters. The third kappa shape index (κ3) is 5.54. The van der Waals surface area contributed by atoms with Crippen LogP contribution in [0.15, 0.2) is 12.7 Å². The lowest BCUT2D eigenvalue weighted by atomic mass is 10.0. The molecule has 4 nitrogen and oxygen atoms in total. The van der Waals surface area contributed by atoms with Crippen LogP contribution in [0.5, 0.6) is 0 Å². The zero-order valence-corrected chi connectivity index (χ0v) is 9.65. The molecule has 0 aliphatic heterocycles. The van der Waals surface area contributed by atoms with Crippen LogP contribution in [0.1, 0.15) is 20.3 Å². The number of nitrogens with two attached hydrogens (primary N) is 1. The van der Waals surface area contributed by atoms with E-state index in [1.807, 2.05) is 13.8 Å². The molecule has 0 aliphatic rings. The van der Waals surface area contributed by atoms with Gasteiger partial charge in [-0.3, -0.25) is 4.79 Å². The van der Waals surface area contributed by atoms with E-state index in [1.54, 1.807) is 6.08 Å². The van der Waals surface area contributed by atoms with E-state index in [0.717, 1.165) is 0 Å². The molecule has 0 saturated carbocycles. The zero-order chi connectivity index (χ0) is 11.8. The lowest BCUT2D eigenvalue weighted by molar-refractivity contribution is -0.132. The fourth-order valence-electron chi connectivity index (χ4n) is 1.41. The van der Waals surface area contributed by atoms with E-state index in [4.69, 9.17) is 10.8 Å². The van der Waals surface area contributed by atoms with Crippen molar-refractivity contribution in [1.29, 1.82) is 0 Å². The first-order chi connectivity index (χ1) is 7.02. The molecule has 0 saturated heterocycles. The number of carbonyl (C=O) groups excluding carboxylic acids is 1. The highest BCUT2D eigenvalue weighted by Crippen LogP contribution is 2.05. The van der Waals surface area contributed by atoms with Crippen molar-refractivity contribution in [2.45, 2.75) is 26.3 Å². The minimum absolute atomic E-state index is 0.0476. The van der Waals surface area contributed by atoms with Crippen molar-refractivity contribution in [3.8, 4) is 0 Å². The largest absolute Gasteiger partial charge is 0.395 e. The maximum absolute atomic E-state index is 11.8.